The number of halogens is 1. The van der Waals surface area contributed by atoms with Gasteiger partial charge in [-0.1, -0.05) is 71.3 Å². The Bertz CT molecular complexity index is 1420. The Morgan fingerprint density at radius 3 is 1.97 bits per heavy atom. The predicted octanol–water partition coefficient (Wildman–Crippen LogP) is 5.48. The van der Waals surface area contributed by atoms with E-state index in [0.717, 1.165) is 21.0 Å². The molecule has 9 heteroatoms. The van der Waals surface area contributed by atoms with Gasteiger partial charge in [-0.25, -0.2) is 8.42 Å². The molecule has 0 aliphatic carbocycles. The summed E-state index contributed by atoms with van der Waals surface area (Å²) in [6, 6.07) is 19.6. The molecule has 7 nitrogen and oxygen atoms in total. The molecule has 39 heavy (non-hydrogen) atoms. The number of anilines is 1. The van der Waals surface area contributed by atoms with Crippen molar-refractivity contribution in [2.24, 2.45) is 0 Å². The molecular weight excluding hydrogens is 534 g/mol. The average Bonchev–Trinajstić information content (AvgIpc) is 2.86. The highest BCUT2D eigenvalue weighted by Gasteiger charge is 2.34. The maximum atomic E-state index is 13.9. The van der Waals surface area contributed by atoms with E-state index in [2.05, 4.69) is 5.32 Å². The van der Waals surface area contributed by atoms with Crippen LogP contribution < -0.4 is 9.62 Å². The van der Waals surface area contributed by atoms with Gasteiger partial charge in [-0.3, -0.25) is 13.9 Å². The molecule has 0 radical (unpaired) electrons. The van der Waals surface area contributed by atoms with Crippen LogP contribution >= 0.6 is 11.6 Å². The molecule has 3 aromatic rings. The first-order valence-electron chi connectivity index (χ1n) is 12.7. The van der Waals surface area contributed by atoms with Crippen LogP contribution in [0.4, 0.5) is 5.69 Å². The summed E-state index contributed by atoms with van der Waals surface area (Å²) in [6.07, 6.45) is 0. The number of hydrogen-bond donors (Lipinski definition) is 1. The molecule has 1 N–H and O–H groups in total. The minimum absolute atomic E-state index is 0.0319. The number of rotatable bonds is 9. The fourth-order valence-corrected chi connectivity index (χ4v) is 5.67. The molecule has 208 valence electrons. The number of aryl methyl sites for hydroxylation is 2. The Morgan fingerprint density at radius 1 is 0.897 bits per heavy atom. The van der Waals surface area contributed by atoms with Crippen molar-refractivity contribution in [1.29, 1.82) is 0 Å². The maximum absolute atomic E-state index is 13.9. The highest BCUT2D eigenvalue weighted by atomic mass is 35.5. The first kappa shape index (κ1) is 30.2. The summed E-state index contributed by atoms with van der Waals surface area (Å²) in [7, 11) is -4.17. The second kappa shape index (κ2) is 12.2. The maximum Gasteiger partial charge on any atom is 0.264 e. The van der Waals surface area contributed by atoms with Crippen LogP contribution in [0.5, 0.6) is 0 Å². The highest BCUT2D eigenvalue weighted by Crippen LogP contribution is 2.31. The highest BCUT2D eigenvalue weighted by molar-refractivity contribution is 7.92. The number of carbonyl (C=O) groups excluding carboxylic acids is 2. The number of amides is 2. The normalized spacial score (nSPS) is 12.5. The van der Waals surface area contributed by atoms with Crippen LogP contribution in [-0.2, 0) is 26.2 Å². The molecule has 0 aliphatic rings. The Hall–Kier alpha value is -3.36. The summed E-state index contributed by atoms with van der Waals surface area (Å²) in [4.78, 5) is 28.5. The Balaban J connectivity index is 2.04. The number of para-hydroxylation sites is 1. The molecule has 0 spiro atoms. The number of hydrogen-bond acceptors (Lipinski definition) is 4. The third kappa shape index (κ3) is 7.83. The zero-order chi connectivity index (χ0) is 29.0. The molecule has 0 saturated heterocycles. The first-order valence-corrected chi connectivity index (χ1v) is 14.5. The molecule has 0 unspecified atom stereocenters. The second-order valence-electron chi connectivity index (χ2n) is 10.7. The molecule has 3 rings (SSSR count). The van der Waals surface area contributed by atoms with Gasteiger partial charge >= 0.3 is 0 Å². The smallest absolute Gasteiger partial charge is 0.264 e. The van der Waals surface area contributed by atoms with Crippen molar-refractivity contribution in [3.8, 4) is 0 Å². The second-order valence-corrected chi connectivity index (χ2v) is 13.0. The minimum Gasteiger partial charge on any atom is -0.350 e. The van der Waals surface area contributed by atoms with Crippen molar-refractivity contribution in [3.05, 3.63) is 94.5 Å². The van der Waals surface area contributed by atoms with Gasteiger partial charge in [-0.2, -0.15) is 0 Å². The number of nitrogens with zero attached hydrogens (tertiary/aromatic N) is 2. The largest absolute Gasteiger partial charge is 0.350 e. The molecule has 0 aromatic heterocycles. The van der Waals surface area contributed by atoms with E-state index in [-0.39, 0.29) is 28.1 Å². The van der Waals surface area contributed by atoms with Gasteiger partial charge in [0.05, 0.1) is 15.6 Å². The summed E-state index contributed by atoms with van der Waals surface area (Å²) >= 11 is 6.44. The van der Waals surface area contributed by atoms with Gasteiger partial charge in [0.1, 0.15) is 12.6 Å². The van der Waals surface area contributed by atoms with Crippen molar-refractivity contribution < 1.29 is 18.0 Å². The van der Waals surface area contributed by atoms with E-state index in [9.17, 15) is 18.0 Å². The Labute approximate surface area is 236 Å². The van der Waals surface area contributed by atoms with Gasteiger partial charge in [-0.15, -0.1) is 0 Å². The van der Waals surface area contributed by atoms with Gasteiger partial charge in [0.2, 0.25) is 11.8 Å². The monoisotopic (exact) mass is 569 g/mol. The molecule has 0 fully saturated rings. The lowest BCUT2D eigenvalue weighted by Gasteiger charge is -2.33. The van der Waals surface area contributed by atoms with Gasteiger partial charge < -0.3 is 10.2 Å². The van der Waals surface area contributed by atoms with Crippen molar-refractivity contribution in [1.82, 2.24) is 10.2 Å². The topological polar surface area (TPSA) is 86.8 Å². The zero-order valence-corrected chi connectivity index (χ0v) is 24.8. The molecule has 1 atom stereocenters. The minimum atomic E-state index is -4.17. The van der Waals surface area contributed by atoms with Crippen LogP contribution in [0.2, 0.25) is 5.02 Å². The number of sulfonamides is 1. The van der Waals surface area contributed by atoms with Crippen molar-refractivity contribution in [2.45, 2.75) is 64.6 Å². The van der Waals surface area contributed by atoms with E-state index >= 15 is 0 Å². The fourth-order valence-electron chi connectivity index (χ4n) is 3.95. The lowest BCUT2D eigenvalue weighted by atomic mass is 10.1. The molecule has 3 aromatic carbocycles. The van der Waals surface area contributed by atoms with E-state index < -0.39 is 34.1 Å². The van der Waals surface area contributed by atoms with Crippen LogP contribution in [0, 0.1) is 13.8 Å². The van der Waals surface area contributed by atoms with E-state index in [0.29, 0.717) is 0 Å². The van der Waals surface area contributed by atoms with Crippen molar-refractivity contribution >= 4 is 39.1 Å². The van der Waals surface area contributed by atoms with Crippen LogP contribution in [0.3, 0.4) is 0 Å². The van der Waals surface area contributed by atoms with Crippen molar-refractivity contribution in [2.75, 3.05) is 10.8 Å². The molecule has 0 heterocycles. The number of benzene rings is 3. The lowest BCUT2D eigenvalue weighted by Crippen LogP contribution is -2.54. The Morgan fingerprint density at radius 2 is 1.44 bits per heavy atom. The average molecular weight is 570 g/mol. The van der Waals surface area contributed by atoms with E-state index in [1.165, 1.54) is 17.0 Å². The summed E-state index contributed by atoms with van der Waals surface area (Å²) in [5.41, 5.74) is 2.44. The van der Waals surface area contributed by atoms with Crippen LogP contribution in [0.1, 0.15) is 44.4 Å². The SMILES string of the molecule is Cc1ccc(CN(C(=O)CN(c2ccccc2Cl)S(=O)(=O)c2ccc(C)cc2)[C@H](C)C(=O)NC(C)(C)C)cc1. The van der Waals surface area contributed by atoms with Crippen LogP contribution in [0.25, 0.3) is 0 Å². The lowest BCUT2D eigenvalue weighted by molar-refractivity contribution is -0.140. The van der Waals surface area contributed by atoms with Gasteiger partial charge in [0.25, 0.3) is 10.0 Å². The van der Waals surface area contributed by atoms with Gasteiger partial charge in [0, 0.05) is 12.1 Å². The van der Waals surface area contributed by atoms with E-state index in [1.807, 2.05) is 58.9 Å². The van der Waals surface area contributed by atoms with E-state index in [4.69, 9.17) is 11.6 Å². The third-order valence-electron chi connectivity index (χ3n) is 6.15. The summed E-state index contributed by atoms with van der Waals surface area (Å²) < 4.78 is 28.7. The molecule has 0 bridgehead atoms. The van der Waals surface area contributed by atoms with Gasteiger partial charge in [-0.05, 0) is 71.4 Å². The predicted molar refractivity (Wildman–Crippen MR) is 156 cm³/mol. The standard InChI is InChI=1S/C30H36ClN3O4S/c1-21-11-15-24(16-12-21)19-33(23(3)29(36)32-30(4,5)6)28(35)20-34(27-10-8-7-9-26(27)31)39(37,38)25-17-13-22(2)14-18-25/h7-18,23H,19-20H2,1-6H3,(H,32,36)/t23-/m1/s1. The zero-order valence-electron chi connectivity index (χ0n) is 23.2. The molecular formula is C30H36ClN3O4S. The molecule has 0 aliphatic heterocycles. The Kier molecular flexibility index (Phi) is 9.46. The molecule has 2 amide bonds. The van der Waals surface area contributed by atoms with Crippen LogP contribution in [0.15, 0.2) is 77.7 Å². The first-order chi connectivity index (χ1) is 18.2. The summed E-state index contributed by atoms with van der Waals surface area (Å²) in [6.45, 7) is 10.6. The fraction of sp³-hybridized carbons (Fsp3) is 0.333. The number of carbonyl (C=O) groups is 2. The summed E-state index contributed by atoms with van der Waals surface area (Å²) in [5.74, 6) is -0.878. The summed E-state index contributed by atoms with van der Waals surface area (Å²) in [5, 5.41) is 3.10. The number of nitrogens with one attached hydrogen (secondary N) is 1. The molecule has 0 saturated carbocycles. The third-order valence-corrected chi connectivity index (χ3v) is 8.24. The quantitative estimate of drug-likeness (QED) is 0.369. The van der Waals surface area contributed by atoms with Gasteiger partial charge in [0.15, 0.2) is 0 Å². The van der Waals surface area contributed by atoms with E-state index in [1.54, 1.807) is 43.3 Å². The van der Waals surface area contributed by atoms with Crippen molar-refractivity contribution in [3.63, 3.8) is 0 Å². The van der Waals surface area contributed by atoms with Crippen LogP contribution in [-0.4, -0.2) is 43.3 Å².